The van der Waals surface area contributed by atoms with Crippen molar-refractivity contribution in [2.24, 2.45) is 0 Å². The molecular formula is C7H5FO4. The van der Waals surface area contributed by atoms with Gasteiger partial charge in [-0.15, -0.1) is 0 Å². The molecule has 0 bridgehead atoms. The minimum Gasteiger partial charge on any atom is -0.504 e. The van der Waals surface area contributed by atoms with Crippen LogP contribution in [0.4, 0.5) is 4.39 Å². The highest BCUT2D eigenvalue weighted by Crippen LogP contribution is 2.29. The molecule has 0 amide bonds. The van der Waals surface area contributed by atoms with Gasteiger partial charge in [-0.1, -0.05) is 0 Å². The van der Waals surface area contributed by atoms with E-state index in [-0.39, 0.29) is 0 Å². The van der Waals surface area contributed by atoms with Gasteiger partial charge in [-0.2, -0.15) is 0 Å². The highest BCUT2D eigenvalue weighted by Gasteiger charge is 2.14. The van der Waals surface area contributed by atoms with Crippen LogP contribution in [0.25, 0.3) is 0 Å². The second kappa shape index (κ2) is 2.69. The van der Waals surface area contributed by atoms with Gasteiger partial charge in [-0.3, -0.25) is 0 Å². The van der Waals surface area contributed by atoms with Crippen molar-refractivity contribution >= 4 is 5.97 Å². The van der Waals surface area contributed by atoms with E-state index in [0.717, 1.165) is 0 Å². The zero-order chi connectivity index (χ0) is 9.30. The molecule has 0 fully saturated rings. The van der Waals surface area contributed by atoms with Gasteiger partial charge in [-0.25, -0.2) is 9.18 Å². The van der Waals surface area contributed by atoms with Crippen LogP contribution in [0, 0.1) is 5.82 Å². The quantitative estimate of drug-likeness (QED) is 0.551. The van der Waals surface area contributed by atoms with Gasteiger partial charge < -0.3 is 15.3 Å². The lowest BCUT2D eigenvalue weighted by Crippen LogP contribution is -1.97. The average Bonchev–Trinajstić information content (AvgIpc) is 1.96. The SMILES string of the molecule is O=C(O)c1cc(F)cc(O)c1O. The predicted octanol–water partition coefficient (Wildman–Crippen LogP) is 0.935. The van der Waals surface area contributed by atoms with Crippen LogP contribution >= 0.6 is 0 Å². The average molecular weight is 172 g/mol. The van der Waals surface area contributed by atoms with Crippen LogP contribution in [0.5, 0.6) is 11.5 Å². The fourth-order valence-electron chi connectivity index (χ4n) is 0.748. The second-order valence-electron chi connectivity index (χ2n) is 2.13. The topological polar surface area (TPSA) is 77.8 Å². The monoisotopic (exact) mass is 172 g/mol. The second-order valence-corrected chi connectivity index (χ2v) is 2.13. The van der Waals surface area contributed by atoms with Crippen LogP contribution in [0.3, 0.4) is 0 Å². The normalized spacial score (nSPS) is 9.75. The number of carboxylic acids is 1. The molecule has 12 heavy (non-hydrogen) atoms. The van der Waals surface area contributed by atoms with Crippen LogP contribution in [0.2, 0.25) is 0 Å². The van der Waals surface area contributed by atoms with Gasteiger partial charge in [0.05, 0.1) is 0 Å². The Morgan fingerprint density at radius 2 is 1.92 bits per heavy atom. The summed E-state index contributed by atoms with van der Waals surface area (Å²) in [6, 6.07) is 1.25. The zero-order valence-electron chi connectivity index (χ0n) is 5.78. The maximum atomic E-state index is 12.4. The Morgan fingerprint density at radius 3 is 2.42 bits per heavy atom. The Kier molecular flexibility index (Phi) is 1.86. The van der Waals surface area contributed by atoms with Crippen molar-refractivity contribution in [1.29, 1.82) is 0 Å². The van der Waals surface area contributed by atoms with Crippen molar-refractivity contribution in [3.63, 3.8) is 0 Å². The van der Waals surface area contributed by atoms with Gasteiger partial charge in [0.25, 0.3) is 0 Å². The Bertz CT molecular complexity index is 334. The van der Waals surface area contributed by atoms with Crippen LogP contribution in [0.1, 0.15) is 10.4 Å². The molecule has 0 radical (unpaired) electrons. The Balaban J connectivity index is 3.37. The summed E-state index contributed by atoms with van der Waals surface area (Å²) in [7, 11) is 0. The number of carbonyl (C=O) groups is 1. The molecule has 0 atom stereocenters. The Morgan fingerprint density at radius 1 is 1.33 bits per heavy atom. The molecule has 0 unspecified atom stereocenters. The first-order valence-electron chi connectivity index (χ1n) is 2.97. The van der Waals surface area contributed by atoms with Crippen LogP contribution < -0.4 is 0 Å². The first kappa shape index (κ1) is 8.32. The lowest BCUT2D eigenvalue weighted by atomic mass is 10.2. The summed E-state index contributed by atoms with van der Waals surface area (Å²) in [4.78, 5) is 10.3. The molecule has 0 saturated carbocycles. The summed E-state index contributed by atoms with van der Waals surface area (Å²) < 4.78 is 12.4. The van der Waals surface area contributed by atoms with Gasteiger partial charge in [0.2, 0.25) is 0 Å². The molecule has 1 rings (SSSR count). The number of aromatic hydroxyl groups is 2. The maximum absolute atomic E-state index is 12.4. The van der Waals surface area contributed by atoms with Crippen molar-refractivity contribution in [2.45, 2.75) is 0 Å². The van der Waals surface area contributed by atoms with Gasteiger partial charge >= 0.3 is 5.97 Å². The van der Waals surface area contributed by atoms with E-state index in [1.54, 1.807) is 0 Å². The zero-order valence-corrected chi connectivity index (χ0v) is 5.78. The standard InChI is InChI=1S/C7H5FO4/c8-3-1-4(7(11)12)6(10)5(9)2-3/h1-2,9-10H,(H,11,12). The highest BCUT2D eigenvalue weighted by molar-refractivity contribution is 5.91. The molecule has 0 aliphatic rings. The van der Waals surface area contributed by atoms with Crippen molar-refractivity contribution < 1.29 is 24.5 Å². The smallest absolute Gasteiger partial charge is 0.339 e. The third-order valence-corrected chi connectivity index (χ3v) is 1.28. The van der Waals surface area contributed by atoms with Crippen molar-refractivity contribution in [1.82, 2.24) is 0 Å². The minimum atomic E-state index is -1.50. The fraction of sp³-hybridized carbons (Fsp3) is 0. The van der Waals surface area contributed by atoms with Gasteiger partial charge in [0.15, 0.2) is 11.5 Å². The number of hydrogen-bond acceptors (Lipinski definition) is 3. The maximum Gasteiger partial charge on any atom is 0.339 e. The fourth-order valence-corrected chi connectivity index (χ4v) is 0.748. The number of aromatic carboxylic acids is 1. The third kappa shape index (κ3) is 1.29. The summed E-state index contributed by atoms with van der Waals surface area (Å²) in [5.41, 5.74) is -0.660. The molecule has 64 valence electrons. The number of hydrogen-bond donors (Lipinski definition) is 3. The number of halogens is 1. The molecule has 0 spiro atoms. The predicted molar refractivity (Wildman–Crippen MR) is 36.7 cm³/mol. The summed E-state index contributed by atoms with van der Waals surface area (Å²) in [5, 5.41) is 26.0. The first-order valence-corrected chi connectivity index (χ1v) is 2.97. The number of phenolic OH excluding ortho intramolecular Hbond substituents is 1. The minimum absolute atomic E-state index is 0.622. The molecule has 4 nitrogen and oxygen atoms in total. The lowest BCUT2D eigenvalue weighted by molar-refractivity contribution is 0.0692. The van der Waals surface area contributed by atoms with E-state index >= 15 is 0 Å². The molecule has 0 aromatic heterocycles. The van der Waals surface area contributed by atoms with Crippen LogP contribution in [-0.2, 0) is 0 Å². The van der Waals surface area contributed by atoms with E-state index in [2.05, 4.69) is 0 Å². The summed E-state index contributed by atoms with van der Waals surface area (Å²) in [6.45, 7) is 0. The molecule has 0 aliphatic heterocycles. The number of rotatable bonds is 1. The Labute approximate surface area is 66.5 Å². The summed E-state index contributed by atoms with van der Waals surface area (Å²) in [6.07, 6.45) is 0. The molecule has 0 heterocycles. The summed E-state index contributed by atoms with van der Waals surface area (Å²) in [5.74, 6) is -4.03. The highest BCUT2D eigenvalue weighted by atomic mass is 19.1. The van der Waals surface area contributed by atoms with E-state index < -0.39 is 28.8 Å². The third-order valence-electron chi connectivity index (χ3n) is 1.28. The van der Waals surface area contributed by atoms with Gasteiger partial charge in [-0.05, 0) is 6.07 Å². The van der Waals surface area contributed by atoms with E-state index in [4.69, 9.17) is 15.3 Å². The molecule has 1 aromatic rings. The van der Waals surface area contributed by atoms with Gasteiger partial charge in [0.1, 0.15) is 11.4 Å². The summed E-state index contributed by atoms with van der Waals surface area (Å²) >= 11 is 0. The van der Waals surface area contributed by atoms with Gasteiger partial charge in [0, 0.05) is 6.07 Å². The lowest BCUT2D eigenvalue weighted by Gasteiger charge is -2.01. The Hall–Kier alpha value is -1.78. The van der Waals surface area contributed by atoms with Crippen LogP contribution in [-0.4, -0.2) is 21.3 Å². The molecule has 5 heteroatoms. The van der Waals surface area contributed by atoms with Crippen molar-refractivity contribution in [3.05, 3.63) is 23.5 Å². The molecule has 0 aliphatic carbocycles. The van der Waals surface area contributed by atoms with Crippen LogP contribution in [0.15, 0.2) is 12.1 Å². The number of phenols is 2. The molecule has 0 saturated heterocycles. The van der Waals surface area contributed by atoms with Crippen molar-refractivity contribution in [2.75, 3.05) is 0 Å². The first-order chi connectivity index (χ1) is 5.52. The molecular weight excluding hydrogens is 167 g/mol. The van der Waals surface area contributed by atoms with Crippen molar-refractivity contribution in [3.8, 4) is 11.5 Å². The number of benzene rings is 1. The van der Waals surface area contributed by atoms with E-state index in [9.17, 15) is 9.18 Å². The van der Waals surface area contributed by atoms with E-state index in [0.29, 0.717) is 12.1 Å². The largest absolute Gasteiger partial charge is 0.504 e. The number of carboxylic acid groups (broad SMARTS) is 1. The van der Waals surface area contributed by atoms with E-state index in [1.165, 1.54) is 0 Å². The van der Waals surface area contributed by atoms with E-state index in [1.807, 2.05) is 0 Å². The molecule has 1 aromatic carbocycles. The molecule has 3 N–H and O–H groups in total.